The summed E-state index contributed by atoms with van der Waals surface area (Å²) in [6.07, 6.45) is 9.29. The Morgan fingerprint density at radius 2 is 1.96 bits per heavy atom. The molecule has 27 heavy (non-hydrogen) atoms. The van der Waals surface area contributed by atoms with Crippen LogP contribution >= 0.6 is 24.0 Å². The predicted octanol–water partition coefficient (Wildman–Crippen LogP) is 2.44. The lowest BCUT2D eigenvalue weighted by molar-refractivity contribution is -0.0352. The molecule has 2 N–H and O–H groups in total. The number of nitrogens with zero attached hydrogens (tertiary/aromatic N) is 3. The number of morpholine rings is 1. The van der Waals surface area contributed by atoms with Crippen LogP contribution in [0.1, 0.15) is 37.8 Å². The van der Waals surface area contributed by atoms with Crippen molar-refractivity contribution in [3.05, 3.63) is 30.1 Å². The molecule has 1 aromatic heterocycles. The van der Waals surface area contributed by atoms with E-state index in [2.05, 4.69) is 31.6 Å². The van der Waals surface area contributed by atoms with Gasteiger partial charge < -0.3 is 15.4 Å². The van der Waals surface area contributed by atoms with E-state index in [1.165, 1.54) is 32.1 Å². The average Bonchev–Trinajstić information content (AvgIpc) is 2.72. The van der Waals surface area contributed by atoms with Gasteiger partial charge in [0.1, 0.15) is 0 Å². The summed E-state index contributed by atoms with van der Waals surface area (Å²) in [5, 5.41) is 7.03. The largest absolute Gasteiger partial charge is 0.379 e. The van der Waals surface area contributed by atoms with Crippen molar-refractivity contribution in [2.24, 2.45) is 4.99 Å². The highest BCUT2D eigenvalue weighted by atomic mass is 127. The maximum Gasteiger partial charge on any atom is 0.191 e. The first-order valence-corrected chi connectivity index (χ1v) is 10.00. The topological polar surface area (TPSA) is 61.8 Å². The number of pyridine rings is 1. The van der Waals surface area contributed by atoms with Crippen molar-refractivity contribution in [2.45, 2.75) is 44.1 Å². The number of ether oxygens (including phenoxy) is 1. The minimum absolute atomic E-state index is 0. The first-order valence-electron chi connectivity index (χ1n) is 10.00. The predicted molar refractivity (Wildman–Crippen MR) is 121 cm³/mol. The molecule has 3 rings (SSSR count). The Bertz CT molecular complexity index is 557. The Kier molecular flexibility index (Phi) is 9.78. The van der Waals surface area contributed by atoms with Crippen LogP contribution in [0.5, 0.6) is 0 Å². The van der Waals surface area contributed by atoms with E-state index in [0.29, 0.717) is 0 Å². The van der Waals surface area contributed by atoms with E-state index < -0.39 is 0 Å². The molecule has 0 amide bonds. The Morgan fingerprint density at radius 1 is 1.19 bits per heavy atom. The Hall–Kier alpha value is -0.930. The molecule has 1 aliphatic heterocycles. The van der Waals surface area contributed by atoms with Crippen LogP contribution in [0.4, 0.5) is 0 Å². The fraction of sp³-hybridized carbons (Fsp3) is 0.700. The fourth-order valence-electron chi connectivity index (χ4n) is 4.18. The van der Waals surface area contributed by atoms with Gasteiger partial charge in [-0.15, -0.1) is 24.0 Å². The van der Waals surface area contributed by atoms with Gasteiger partial charge in [-0.2, -0.15) is 0 Å². The molecule has 0 bridgehead atoms. The summed E-state index contributed by atoms with van der Waals surface area (Å²) in [4.78, 5) is 11.4. The Balaban J connectivity index is 0.00000261. The molecule has 152 valence electrons. The summed E-state index contributed by atoms with van der Waals surface area (Å²) in [7, 11) is 1.85. The number of guanidine groups is 1. The molecule has 0 aromatic carbocycles. The fourth-order valence-corrected chi connectivity index (χ4v) is 4.18. The second-order valence-electron chi connectivity index (χ2n) is 7.31. The quantitative estimate of drug-likeness (QED) is 0.367. The van der Waals surface area contributed by atoms with Crippen LogP contribution < -0.4 is 10.6 Å². The molecule has 1 saturated carbocycles. The van der Waals surface area contributed by atoms with E-state index in [0.717, 1.165) is 57.5 Å². The second-order valence-corrected chi connectivity index (χ2v) is 7.31. The normalized spacial score (nSPS) is 20.6. The highest BCUT2D eigenvalue weighted by molar-refractivity contribution is 14.0. The van der Waals surface area contributed by atoms with Crippen molar-refractivity contribution < 1.29 is 4.74 Å². The van der Waals surface area contributed by atoms with Gasteiger partial charge in [0.2, 0.25) is 0 Å². The second kappa shape index (κ2) is 11.8. The smallest absolute Gasteiger partial charge is 0.191 e. The number of hydrogen-bond acceptors (Lipinski definition) is 4. The van der Waals surface area contributed by atoms with Crippen LogP contribution in [0.25, 0.3) is 0 Å². The third-order valence-electron chi connectivity index (χ3n) is 5.67. The molecule has 1 saturated heterocycles. The maximum atomic E-state index is 5.57. The zero-order valence-corrected chi connectivity index (χ0v) is 18.8. The lowest BCUT2D eigenvalue weighted by Gasteiger charge is -2.48. The molecule has 0 radical (unpaired) electrons. The average molecular weight is 487 g/mol. The molecule has 2 fully saturated rings. The SMILES string of the molecule is CN=C(NCCc1ccccn1)NCC1(N2CCOCC2)CCCCC1.I. The summed E-state index contributed by atoms with van der Waals surface area (Å²) in [6.45, 7) is 5.61. The molecule has 7 heteroatoms. The first kappa shape index (κ1) is 22.4. The molecule has 1 aliphatic carbocycles. The number of halogens is 1. The van der Waals surface area contributed by atoms with Gasteiger partial charge in [-0.1, -0.05) is 25.3 Å². The molecule has 1 aromatic rings. The Labute approximate surface area is 180 Å². The van der Waals surface area contributed by atoms with Crippen LogP contribution in [0, 0.1) is 0 Å². The number of hydrogen-bond donors (Lipinski definition) is 2. The van der Waals surface area contributed by atoms with E-state index in [1.807, 2.05) is 25.4 Å². The zero-order chi connectivity index (χ0) is 18.1. The standard InChI is InChI=1S/C20H33N5O.HI/c1-21-19(23-12-8-18-7-3-6-11-22-18)24-17-20(9-4-2-5-10-20)25-13-15-26-16-14-25;/h3,6-7,11H,2,4-5,8-10,12-17H2,1H3,(H2,21,23,24);1H. The lowest BCUT2D eigenvalue weighted by atomic mass is 9.80. The van der Waals surface area contributed by atoms with Crippen LogP contribution in [0.2, 0.25) is 0 Å². The number of nitrogens with one attached hydrogen (secondary N) is 2. The van der Waals surface area contributed by atoms with Gasteiger partial charge in [0, 0.05) is 57.1 Å². The third-order valence-corrected chi connectivity index (χ3v) is 5.67. The molecular weight excluding hydrogens is 453 g/mol. The van der Waals surface area contributed by atoms with E-state index in [-0.39, 0.29) is 29.5 Å². The molecule has 0 atom stereocenters. The maximum absolute atomic E-state index is 5.57. The minimum atomic E-state index is 0. The van der Waals surface area contributed by atoms with Crippen LogP contribution in [-0.4, -0.2) is 67.8 Å². The third kappa shape index (κ3) is 6.57. The van der Waals surface area contributed by atoms with Crippen molar-refractivity contribution in [1.82, 2.24) is 20.5 Å². The van der Waals surface area contributed by atoms with Gasteiger partial charge in [0.05, 0.1) is 13.2 Å². The van der Waals surface area contributed by atoms with Crippen molar-refractivity contribution in [3.63, 3.8) is 0 Å². The monoisotopic (exact) mass is 487 g/mol. The van der Waals surface area contributed by atoms with E-state index in [1.54, 1.807) is 0 Å². The highest BCUT2D eigenvalue weighted by Gasteiger charge is 2.38. The molecule has 6 nitrogen and oxygen atoms in total. The van der Waals surface area contributed by atoms with Gasteiger partial charge >= 0.3 is 0 Å². The number of aromatic nitrogens is 1. The number of aliphatic imine (C=N–C) groups is 1. The molecular formula is C20H34IN5O. The van der Waals surface area contributed by atoms with Gasteiger partial charge in [0.25, 0.3) is 0 Å². The first-order chi connectivity index (χ1) is 12.8. The lowest BCUT2D eigenvalue weighted by Crippen LogP contribution is -2.60. The van der Waals surface area contributed by atoms with Gasteiger partial charge in [-0.3, -0.25) is 14.9 Å². The van der Waals surface area contributed by atoms with E-state index in [9.17, 15) is 0 Å². The van der Waals surface area contributed by atoms with Crippen LogP contribution in [0.3, 0.4) is 0 Å². The van der Waals surface area contributed by atoms with E-state index in [4.69, 9.17) is 4.74 Å². The van der Waals surface area contributed by atoms with Crippen LogP contribution in [0.15, 0.2) is 29.4 Å². The molecule has 0 spiro atoms. The molecule has 0 unspecified atom stereocenters. The van der Waals surface area contributed by atoms with Gasteiger partial charge in [-0.05, 0) is 25.0 Å². The number of rotatable bonds is 6. The Morgan fingerprint density at radius 3 is 2.63 bits per heavy atom. The summed E-state index contributed by atoms with van der Waals surface area (Å²) in [5.74, 6) is 0.888. The minimum Gasteiger partial charge on any atom is -0.379 e. The van der Waals surface area contributed by atoms with Crippen molar-refractivity contribution in [1.29, 1.82) is 0 Å². The zero-order valence-electron chi connectivity index (χ0n) is 16.5. The summed E-state index contributed by atoms with van der Waals surface area (Å²) in [5.41, 5.74) is 1.35. The molecule has 2 heterocycles. The molecule has 2 aliphatic rings. The van der Waals surface area contributed by atoms with Crippen LogP contribution in [-0.2, 0) is 11.2 Å². The van der Waals surface area contributed by atoms with Crippen molar-refractivity contribution in [3.8, 4) is 0 Å². The summed E-state index contributed by atoms with van der Waals surface area (Å²) in [6, 6.07) is 6.05. The summed E-state index contributed by atoms with van der Waals surface area (Å²) < 4.78 is 5.57. The van der Waals surface area contributed by atoms with Crippen molar-refractivity contribution >= 4 is 29.9 Å². The highest BCUT2D eigenvalue weighted by Crippen LogP contribution is 2.33. The van der Waals surface area contributed by atoms with Gasteiger partial charge in [0.15, 0.2) is 5.96 Å². The van der Waals surface area contributed by atoms with Crippen molar-refractivity contribution in [2.75, 3.05) is 46.4 Å². The summed E-state index contributed by atoms with van der Waals surface area (Å²) >= 11 is 0. The van der Waals surface area contributed by atoms with Gasteiger partial charge in [-0.25, -0.2) is 0 Å². The van der Waals surface area contributed by atoms with E-state index >= 15 is 0 Å².